The highest BCUT2D eigenvalue weighted by Crippen LogP contribution is 2.34. The summed E-state index contributed by atoms with van der Waals surface area (Å²) >= 11 is 0. The Kier molecular flexibility index (Phi) is 8.55. The largest absolute Gasteiger partial charge is 0.364 e. The van der Waals surface area contributed by atoms with Crippen molar-refractivity contribution in [3.05, 3.63) is 58.0 Å². The Bertz CT molecular complexity index is 1570. The van der Waals surface area contributed by atoms with E-state index in [-0.39, 0.29) is 35.7 Å². The highest BCUT2D eigenvalue weighted by molar-refractivity contribution is 7.91. The Morgan fingerprint density at radius 3 is 2.39 bits per heavy atom. The maximum absolute atomic E-state index is 12.9. The molecule has 0 saturated carbocycles. The fraction of sp³-hybridized carbons (Fsp3) is 0.567. The SMILES string of the molecule is CC[C@H]1CN(C(C)c2ccc(CN3CCS(=O)(=O)CC3)cc2)[C@H](CC)CN1c1cc(=O)n(C)c2cn(CC#N)nc12. The van der Waals surface area contributed by atoms with Gasteiger partial charge in [0.1, 0.15) is 12.1 Å². The van der Waals surface area contributed by atoms with Crippen molar-refractivity contribution in [2.75, 3.05) is 42.6 Å². The second-order valence-electron chi connectivity index (χ2n) is 11.5. The zero-order valence-electron chi connectivity index (χ0n) is 24.5. The van der Waals surface area contributed by atoms with E-state index in [0.717, 1.165) is 49.2 Å². The molecule has 2 fully saturated rings. The number of pyridine rings is 1. The molecule has 41 heavy (non-hydrogen) atoms. The lowest BCUT2D eigenvalue weighted by molar-refractivity contribution is 0.101. The van der Waals surface area contributed by atoms with E-state index in [4.69, 9.17) is 5.10 Å². The molecule has 3 atom stereocenters. The number of fused-ring (bicyclic) bond motifs is 1. The first-order chi connectivity index (χ1) is 19.6. The molecule has 10 nitrogen and oxygen atoms in total. The normalized spacial score (nSPS) is 22.6. The second-order valence-corrected chi connectivity index (χ2v) is 13.8. The smallest absolute Gasteiger partial charge is 0.252 e. The number of benzene rings is 1. The third kappa shape index (κ3) is 6.05. The van der Waals surface area contributed by atoms with Gasteiger partial charge in [0, 0.05) is 64.0 Å². The van der Waals surface area contributed by atoms with Crippen LogP contribution in [0.3, 0.4) is 0 Å². The van der Waals surface area contributed by atoms with Crippen molar-refractivity contribution in [1.29, 1.82) is 5.26 Å². The molecule has 0 radical (unpaired) electrons. The van der Waals surface area contributed by atoms with Crippen LogP contribution in [0.25, 0.3) is 11.0 Å². The number of hydrogen-bond donors (Lipinski definition) is 0. The molecule has 11 heteroatoms. The molecule has 2 saturated heterocycles. The molecular weight excluding hydrogens is 538 g/mol. The van der Waals surface area contributed by atoms with Crippen molar-refractivity contribution in [3.63, 3.8) is 0 Å². The summed E-state index contributed by atoms with van der Waals surface area (Å²) in [5, 5.41) is 13.9. The Labute approximate surface area is 242 Å². The fourth-order valence-corrected chi connectivity index (χ4v) is 7.60. The van der Waals surface area contributed by atoms with E-state index in [1.54, 1.807) is 28.6 Å². The lowest BCUT2D eigenvalue weighted by Gasteiger charge is -2.49. The molecule has 0 N–H and O–H groups in total. The van der Waals surface area contributed by atoms with E-state index in [9.17, 15) is 18.5 Å². The third-order valence-electron chi connectivity index (χ3n) is 8.96. The van der Waals surface area contributed by atoms with Gasteiger partial charge in [-0.1, -0.05) is 38.1 Å². The van der Waals surface area contributed by atoms with Crippen molar-refractivity contribution in [2.45, 2.75) is 64.8 Å². The van der Waals surface area contributed by atoms with Gasteiger partial charge in [-0.2, -0.15) is 10.4 Å². The molecule has 4 heterocycles. The summed E-state index contributed by atoms with van der Waals surface area (Å²) in [5.41, 5.74) is 4.75. The lowest BCUT2D eigenvalue weighted by Crippen LogP contribution is -2.58. The maximum Gasteiger partial charge on any atom is 0.252 e. The average Bonchev–Trinajstić information content (AvgIpc) is 3.40. The molecule has 0 spiro atoms. The van der Waals surface area contributed by atoms with Crippen LogP contribution < -0.4 is 10.5 Å². The standard InChI is InChI=1S/C30H41N7O3S/c1-5-25-20-37(27-17-29(38)33(4)28-21-35(12-11-31)32-30(27)28)26(6-2)19-36(25)22(3)24-9-7-23(8-10-24)18-34-13-15-41(39,40)16-14-34/h7-10,17,21-22,25-26H,5-6,12-16,18-20H2,1-4H3/t22?,25-,26+/m1/s1. The number of nitriles is 1. The molecule has 1 aromatic carbocycles. The molecule has 3 aromatic rings. The highest BCUT2D eigenvalue weighted by atomic mass is 32.2. The lowest BCUT2D eigenvalue weighted by atomic mass is 9.96. The van der Waals surface area contributed by atoms with Crippen molar-refractivity contribution in [3.8, 4) is 6.07 Å². The van der Waals surface area contributed by atoms with Gasteiger partial charge >= 0.3 is 0 Å². The quantitative estimate of drug-likeness (QED) is 0.401. The summed E-state index contributed by atoms with van der Waals surface area (Å²) in [6, 6.07) is 13.4. The first-order valence-corrected chi connectivity index (χ1v) is 16.4. The number of rotatable bonds is 8. The number of nitrogens with zero attached hydrogens (tertiary/aromatic N) is 7. The van der Waals surface area contributed by atoms with Crippen LogP contribution in [0.4, 0.5) is 5.69 Å². The van der Waals surface area contributed by atoms with Gasteiger partial charge in [0.2, 0.25) is 0 Å². The zero-order valence-corrected chi connectivity index (χ0v) is 25.3. The van der Waals surface area contributed by atoms with Crippen LogP contribution in [0.2, 0.25) is 0 Å². The fourth-order valence-electron chi connectivity index (χ4n) is 6.33. The number of aryl methyl sites for hydroxylation is 1. The summed E-state index contributed by atoms with van der Waals surface area (Å²) in [6.07, 6.45) is 3.70. The van der Waals surface area contributed by atoms with Gasteiger partial charge in [0.25, 0.3) is 5.56 Å². The minimum absolute atomic E-state index is 0.0750. The van der Waals surface area contributed by atoms with Gasteiger partial charge in [0.15, 0.2) is 9.84 Å². The molecular formula is C30H41N7O3S. The Hall–Kier alpha value is -3.20. The number of sulfone groups is 1. The molecule has 2 aliphatic heterocycles. The van der Waals surface area contributed by atoms with Gasteiger partial charge in [-0.3, -0.25) is 19.3 Å². The molecule has 2 aliphatic rings. The van der Waals surface area contributed by atoms with Crippen LogP contribution in [0.5, 0.6) is 0 Å². The Morgan fingerprint density at radius 2 is 1.76 bits per heavy atom. The summed E-state index contributed by atoms with van der Waals surface area (Å²) in [6.45, 7) is 10.5. The van der Waals surface area contributed by atoms with Crippen molar-refractivity contribution in [2.24, 2.45) is 7.05 Å². The van der Waals surface area contributed by atoms with E-state index in [1.165, 1.54) is 11.1 Å². The van der Waals surface area contributed by atoms with Crippen LogP contribution in [-0.4, -0.2) is 82.3 Å². The Balaban J connectivity index is 1.35. The summed E-state index contributed by atoms with van der Waals surface area (Å²) in [5.74, 6) is 0.492. The highest BCUT2D eigenvalue weighted by Gasteiger charge is 2.36. The molecule has 0 aliphatic carbocycles. The van der Waals surface area contributed by atoms with Gasteiger partial charge in [-0.05, 0) is 30.9 Å². The number of aromatic nitrogens is 3. The number of hydrogen-bond acceptors (Lipinski definition) is 8. The topological polar surface area (TPSA) is 107 Å². The first-order valence-electron chi connectivity index (χ1n) is 14.6. The molecule has 5 rings (SSSR count). The zero-order chi connectivity index (χ0) is 29.3. The van der Waals surface area contributed by atoms with E-state index in [2.05, 4.69) is 65.8 Å². The minimum atomic E-state index is -2.87. The van der Waals surface area contributed by atoms with E-state index in [0.29, 0.717) is 19.1 Å². The predicted octanol–water partition coefficient (Wildman–Crippen LogP) is 2.93. The van der Waals surface area contributed by atoms with E-state index in [1.807, 2.05) is 0 Å². The molecule has 0 bridgehead atoms. The maximum atomic E-state index is 12.9. The van der Waals surface area contributed by atoms with Gasteiger partial charge in [-0.25, -0.2) is 8.42 Å². The summed E-state index contributed by atoms with van der Waals surface area (Å²) in [4.78, 5) is 20.1. The third-order valence-corrected chi connectivity index (χ3v) is 10.6. The predicted molar refractivity (Wildman–Crippen MR) is 162 cm³/mol. The molecule has 2 aromatic heterocycles. The summed E-state index contributed by atoms with van der Waals surface area (Å²) in [7, 11) is -1.12. The van der Waals surface area contributed by atoms with Crippen molar-refractivity contribution in [1.82, 2.24) is 24.1 Å². The van der Waals surface area contributed by atoms with Crippen LogP contribution in [-0.2, 0) is 30.0 Å². The Morgan fingerprint density at radius 1 is 1.07 bits per heavy atom. The summed E-state index contributed by atoms with van der Waals surface area (Å²) < 4.78 is 26.7. The number of piperazine rings is 1. The van der Waals surface area contributed by atoms with E-state index >= 15 is 0 Å². The average molecular weight is 580 g/mol. The number of anilines is 1. The monoisotopic (exact) mass is 579 g/mol. The molecule has 220 valence electrons. The molecule has 0 amide bonds. The second kappa shape index (κ2) is 12.0. The molecule has 1 unspecified atom stereocenters. The van der Waals surface area contributed by atoms with Gasteiger partial charge in [-0.15, -0.1) is 0 Å². The van der Waals surface area contributed by atoms with Gasteiger partial charge in [0.05, 0.1) is 35.0 Å². The van der Waals surface area contributed by atoms with Crippen molar-refractivity contribution >= 4 is 26.6 Å². The first kappa shape index (κ1) is 29.3. The van der Waals surface area contributed by atoms with Crippen LogP contribution in [0, 0.1) is 11.3 Å². The minimum Gasteiger partial charge on any atom is -0.364 e. The van der Waals surface area contributed by atoms with Gasteiger partial charge < -0.3 is 9.47 Å². The van der Waals surface area contributed by atoms with Crippen LogP contribution in [0.15, 0.2) is 41.3 Å². The van der Waals surface area contributed by atoms with Crippen LogP contribution >= 0.6 is 0 Å². The van der Waals surface area contributed by atoms with Crippen LogP contribution in [0.1, 0.15) is 50.8 Å². The van der Waals surface area contributed by atoms with Crippen molar-refractivity contribution < 1.29 is 8.42 Å². The van der Waals surface area contributed by atoms with E-state index < -0.39 is 9.84 Å².